The van der Waals surface area contributed by atoms with Gasteiger partial charge in [0.1, 0.15) is 0 Å². The Morgan fingerprint density at radius 3 is 2.43 bits per heavy atom. The summed E-state index contributed by atoms with van der Waals surface area (Å²) in [4.78, 5) is 9.84. The van der Waals surface area contributed by atoms with Crippen molar-refractivity contribution < 1.29 is 24.5 Å². The average molecular weight is 304 g/mol. The normalized spacial score (nSPS) is 12.8. The Hall–Kier alpha value is -0.910. The number of aliphatic hydroxyl groups excluding tert-OH is 2. The van der Waals surface area contributed by atoms with Crippen molar-refractivity contribution in [1.82, 2.24) is 0 Å². The zero-order valence-electron chi connectivity index (χ0n) is 13.7. The van der Waals surface area contributed by atoms with Crippen LogP contribution in [0.3, 0.4) is 0 Å². The number of esters is 1. The SMILES string of the molecule is C=CC(=O)OC.CCCCC(CC)CC(O)COCCO. The smallest absolute Gasteiger partial charge is 0.329 e. The largest absolute Gasteiger partial charge is 0.466 e. The highest BCUT2D eigenvalue weighted by Gasteiger charge is 2.12. The molecule has 0 bridgehead atoms. The van der Waals surface area contributed by atoms with Crippen molar-refractivity contribution in [2.75, 3.05) is 26.9 Å². The van der Waals surface area contributed by atoms with Gasteiger partial charge in [0.15, 0.2) is 0 Å². The summed E-state index contributed by atoms with van der Waals surface area (Å²) in [5, 5.41) is 18.2. The van der Waals surface area contributed by atoms with E-state index >= 15 is 0 Å². The third-order valence-electron chi connectivity index (χ3n) is 3.06. The summed E-state index contributed by atoms with van der Waals surface area (Å²) in [5.41, 5.74) is 0. The van der Waals surface area contributed by atoms with Crippen LogP contribution in [-0.4, -0.2) is 49.2 Å². The van der Waals surface area contributed by atoms with Crippen LogP contribution < -0.4 is 0 Å². The topological polar surface area (TPSA) is 76.0 Å². The highest BCUT2D eigenvalue weighted by atomic mass is 16.5. The molecule has 0 rings (SSSR count). The molecule has 0 saturated heterocycles. The van der Waals surface area contributed by atoms with E-state index in [-0.39, 0.29) is 12.7 Å². The molecular formula is C16H32O5. The van der Waals surface area contributed by atoms with Crippen LogP contribution in [0.4, 0.5) is 0 Å². The third kappa shape index (κ3) is 17.0. The Kier molecular flexibility index (Phi) is 18.3. The van der Waals surface area contributed by atoms with Crippen molar-refractivity contribution in [2.45, 2.75) is 52.1 Å². The second-order valence-electron chi connectivity index (χ2n) is 4.83. The summed E-state index contributed by atoms with van der Waals surface area (Å²) in [7, 11) is 1.31. The van der Waals surface area contributed by atoms with Gasteiger partial charge in [-0.25, -0.2) is 4.79 Å². The zero-order chi connectivity index (χ0) is 16.5. The van der Waals surface area contributed by atoms with Gasteiger partial charge in [0.25, 0.3) is 0 Å². The van der Waals surface area contributed by atoms with Gasteiger partial charge in [0.2, 0.25) is 0 Å². The molecule has 2 N–H and O–H groups in total. The monoisotopic (exact) mass is 304 g/mol. The number of hydrogen-bond donors (Lipinski definition) is 2. The van der Waals surface area contributed by atoms with Crippen molar-refractivity contribution >= 4 is 5.97 Å². The van der Waals surface area contributed by atoms with Crippen molar-refractivity contribution in [2.24, 2.45) is 5.92 Å². The minimum absolute atomic E-state index is 0.0275. The lowest BCUT2D eigenvalue weighted by molar-refractivity contribution is -0.134. The molecule has 5 nitrogen and oxygen atoms in total. The van der Waals surface area contributed by atoms with Gasteiger partial charge in [-0.3, -0.25) is 0 Å². The van der Waals surface area contributed by atoms with Crippen LogP contribution in [0.5, 0.6) is 0 Å². The Bertz CT molecular complexity index is 243. The van der Waals surface area contributed by atoms with Gasteiger partial charge in [-0.05, 0) is 12.3 Å². The van der Waals surface area contributed by atoms with Crippen LogP contribution in [0.25, 0.3) is 0 Å². The Labute approximate surface area is 129 Å². The summed E-state index contributed by atoms with van der Waals surface area (Å²) in [6.07, 6.45) is 6.33. The van der Waals surface area contributed by atoms with Gasteiger partial charge >= 0.3 is 5.97 Å². The molecule has 0 aliphatic carbocycles. The van der Waals surface area contributed by atoms with E-state index in [0.717, 1.165) is 18.9 Å². The molecule has 21 heavy (non-hydrogen) atoms. The third-order valence-corrected chi connectivity index (χ3v) is 3.06. The summed E-state index contributed by atoms with van der Waals surface area (Å²) in [5.74, 6) is 0.215. The maximum atomic E-state index is 9.84. The first-order chi connectivity index (χ1) is 10.0. The second kappa shape index (κ2) is 17.1. The first kappa shape index (κ1) is 22.4. The number of hydrogen-bond acceptors (Lipinski definition) is 5. The van der Waals surface area contributed by atoms with E-state index in [0.29, 0.717) is 19.1 Å². The van der Waals surface area contributed by atoms with E-state index in [2.05, 4.69) is 25.2 Å². The van der Waals surface area contributed by atoms with Crippen molar-refractivity contribution in [1.29, 1.82) is 0 Å². The molecule has 2 unspecified atom stereocenters. The highest BCUT2D eigenvalue weighted by molar-refractivity contribution is 5.80. The average Bonchev–Trinajstić information content (AvgIpc) is 2.51. The fourth-order valence-corrected chi connectivity index (χ4v) is 1.80. The van der Waals surface area contributed by atoms with E-state index in [1.165, 1.54) is 26.4 Å². The van der Waals surface area contributed by atoms with Gasteiger partial charge in [-0.2, -0.15) is 0 Å². The van der Waals surface area contributed by atoms with E-state index in [1.807, 2.05) is 0 Å². The van der Waals surface area contributed by atoms with Gasteiger partial charge in [-0.15, -0.1) is 0 Å². The number of aliphatic hydroxyl groups is 2. The second-order valence-corrected chi connectivity index (χ2v) is 4.83. The number of ether oxygens (including phenoxy) is 2. The van der Waals surface area contributed by atoms with Gasteiger partial charge in [0.05, 0.1) is 33.0 Å². The molecule has 0 aromatic rings. The number of carbonyl (C=O) groups excluding carboxylic acids is 1. The van der Waals surface area contributed by atoms with E-state index in [4.69, 9.17) is 9.84 Å². The fourth-order valence-electron chi connectivity index (χ4n) is 1.80. The quantitative estimate of drug-likeness (QED) is 0.348. The Balaban J connectivity index is 0. The van der Waals surface area contributed by atoms with Crippen LogP contribution in [-0.2, 0) is 14.3 Å². The van der Waals surface area contributed by atoms with Crippen LogP contribution in [0, 0.1) is 5.92 Å². The fraction of sp³-hybridized carbons (Fsp3) is 0.812. The van der Waals surface area contributed by atoms with E-state index in [1.54, 1.807) is 0 Å². The maximum Gasteiger partial charge on any atom is 0.329 e. The van der Waals surface area contributed by atoms with Gasteiger partial charge in [0, 0.05) is 6.08 Å². The van der Waals surface area contributed by atoms with Gasteiger partial charge in [-0.1, -0.05) is 46.1 Å². The van der Waals surface area contributed by atoms with Crippen LogP contribution in [0.1, 0.15) is 46.0 Å². The molecule has 5 heteroatoms. The molecule has 0 heterocycles. The molecule has 0 aliphatic heterocycles. The summed E-state index contributed by atoms with van der Waals surface area (Å²) in [6.45, 7) is 8.21. The Morgan fingerprint density at radius 2 is 2.05 bits per heavy atom. The predicted octanol–water partition coefficient (Wildman–Crippen LogP) is 2.31. The minimum atomic E-state index is -0.394. The molecule has 126 valence electrons. The molecule has 0 amide bonds. The highest BCUT2D eigenvalue weighted by Crippen LogP contribution is 2.18. The summed E-state index contributed by atoms with van der Waals surface area (Å²) >= 11 is 0. The summed E-state index contributed by atoms with van der Waals surface area (Å²) < 4.78 is 9.24. The molecule has 0 aromatic heterocycles. The van der Waals surface area contributed by atoms with Crippen LogP contribution >= 0.6 is 0 Å². The van der Waals surface area contributed by atoms with Crippen LogP contribution in [0.15, 0.2) is 12.7 Å². The van der Waals surface area contributed by atoms with Gasteiger partial charge < -0.3 is 19.7 Å². The standard InChI is InChI=1S/C12H26O3.C4H6O2/c1-3-5-6-11(4-2)9-12(14)10-15-8-7-13;1-3-4(5)6-2/h11-14H,3-10H2,1-2H3;3H,1H2,2H3. The molecular weight excluding hydrogens is 272 g/mol. The number of carbonyl (C=O) groups is 1. The lowest BCUT2D eigenvalue weighted by Gasteiger charge is -2.18. The van der Waals surface area contributed by atoms with Crippen molar-refractivity contribution in [3.63, 3.8) is 0 Å². The minimum Gasteiger partial charge on any atom is -0.466 e. The maximum absolute atomic E-state index is 9.84. The lowest BCUT2D eigenvalue weighted by Crippen LogP contribution is -2.20. The van der Waals surface area contributed by atoms with Crippen molar-refractivity contribution in [3.05, 3.63) is 12.7 Å². The van der Waals surface area contributed by atoms with Crippen LogP contribution in [0.2, 0.25) is 0 Å². The predicted molar refractivity (Wildman–Crippen MR) is 84.0 cm³/mol. The first-order valence-corrected chi connectivity index (χ1v) is 7.62. The first-order valence-electron chi connectivity index (χ1n) is 7.62. The molecule has 0 saturated carbocycles. The van der Waals surface area contributed by atoms with E-state index < -0.39 is 5.97 Å². The Morgan fingerprint density at radius 1 is 1.38 bits per heavy atom. The van der Waals surface area contributed by atoms with E-state index in [9.17, 15) is 9.90 Å². The number of unbranched alkanes of at least 4 members (excludes halogenated alkanes) is 1. The molecule has 0 spiro atoms. The molecule has 0 aromatic carbocycles. The number of methoxy groups -OCH3 is 1. The zero-order valence-corrected chi connectivity index (χ0v) is 13.7. The van der Waals surface area contributed by atoms with Crippen molar-refractivity contribution in [3.8, 4) is 0 Å². The molecule has 0 aliphatic rings. The molecule has 2 atom stereocenters. The lowest BCUT2D eigenvalue weighted by atomic mass is 9.93. The molecule has 0 radical (unpaired) electrons. The molecule has 0 fully saturated rings. The summed E-state index contributed by atoms with van der Waals surface area (Å²) in [6, 6.07) is 0. The number of rotatable bonds is 11.